The number of rotatable bonds is 2. The highest BCUT2D eigenvalue weighted by Crippen LogP contribution is 2.37. The molecule has 2 aliphatic rings. The third-order valence-corrected chi connectivity index (χ3v) is 4.31. The molecule has 0 saturated heterocycles. The van der Waals surface area contributed by atoms with E-state index >= 15 is 0 Å². The van der Waals surface area contributed by atoms with Gasteiger partial charge in [-0.15, -0.1) is 0 Å². The predicted molar refractivity (Wildman–Crippen MR) is 73.8 cm³/mol. The van der Waals surface area contributed by atoms with Gasteiger partial charge in [-0.25, -0.2) is 4.79 Å². The van der Waals surface area contributed by atoms with Gasteiger partial charge in [0.25, 0.3) is 0 Å². The number of anilines is 1. The Morgan fingerprint density at radius 2 is 2.11 bits per heavy atom. The van der Waals surface area contributed by atoms with Gasteiger partial charge in [-0.05, 0) is 42.0 Å². The molecule has 1 unspecified atom stereocenters. The van der Waals surface area contributed by atoms with E-state index in [9.17, 15) is 9.90 Å². The fraction of sp³-hybridized carbons (Fsp3) is 0.533. The van der Waals surface area contributed by atoms with Crippen LogP contribution in [0.1, 0.15) is 42.9 Å². The van der Waals surface area contributed by atoms with Crippen molar-refractivity contribution in [1.29, 1.82) is 0 Å². The lowest BCUT2D eigenvalue weighted by molar-refractivity contribution is 0.111. The van der Waals surface area contributed by atoms with E-state index in [1.165, 1.54) is 12.8 Å². The van der Waals surface area contributed by atoms with Gasteiger partial charge in [0, 0.05) is 19.3 Å². The first kappa shape index (κ1) is 12.5. The van der Waals surface area contributed by atoms with Crippen molar-refractivity contribution in [1.82, 2.24) is 4.90 Å². The van der Waals surface area contributed by atoms with E-state index in [1.807, 2.05) is 18.2 Å². The van der Waals surface area contributed by atoms with Gasteiger partial charge < -0.3 is 15.3 Å². The molecule has 0 bridgehead atoms. The Morgan fingerprint density at radius 3 is 2.84 bits per heavy atom. The van der Waals surface area contributed by atoms with Crippen LogP contribution in [-0.4, -0.2) is 23.1 Å². The molecule has 3 rings (SSSR count). The van der Waals surface area contributed by atoms with E-state index in [-0.39, 0.29) is 12.1 Å². The summed E-state index contributed by atoms with van der Waals surface area (Å²) in [5.41, 5.74) is 2.93. The number of hydrogen-bond donors (Lipinski definition) is 2. The second kappa shape index (κ2) is 4.85. The molecule has 102 valence electrons. The highest BCUT2D eigenvalue weighted by Gasteiger charge is 2.26. The van der Waals surface area contributed by atoms with Gasteiger partial charge in [-0.2, -0.15) is 0 Å². The molecule has 4 nitrogen and oxygen atoms in total. The number of urea groups is 1. The number of carbonyl (C=O) groups is 1. The maximum atomic E-state index is 11.6. The Hall–Kier alpha value is -1.55. The van der Waals surface area contributed by atoms with E-state index < -0.39 is 0 Å². The largest absolute Gasteiger partial charge is 0.388 e. The number of fused-ring (bicyclic) bond motifs is 1. The lowest BCUT2D eigenvalue weighted by atomic mass is 9.92. The molecular formula is C15H20N2O2. The molecule has 1 aliphatic carbocycles. The average molecular weight is 260 g/mol. The third-order valence-electron chi connectivity index (χ3n) is 4.31. The standard InChI is InChI=1S/C15H20N2O2/c1-17-9-12-8-11(6-7-13(12)16-15(17)19)14(18)10-4-2-3-5-10/h6-8,10,14,18H,2-5,9H2,1H3,(H,16,19). The molecule has 2 N–H and O–H groups in total. The second-order valence-corrected chi connectivity index (χ2v) is 5.69. The van der Waals surface area contributed by atoms with Gasteiger partial charge in [-0.1, -0.05) is 18.9 Å². The van der Waals surface area contributed by atoms with E-state index in [2.05, 4.69) is 5.32 Å². The van der Waals surface area contributed by atoms with Gasteiger partial charge in [-0.3, -0.25) is 0 Å². The molecule has 1 aromatic rings. The number of hydrogen-bond acceptors (Lipinski definition) is 2. The monoisotopic (exact) mass is 260 g/mol. The van der Waals surface area contributed by atoms with Crippen LogP contribution >= 0.6 is 0 Å². The number of nitrogens with one attached hydrogen (secondary N) is 1. The van der Waals surface area contributed by atoms with Crippen molar-refractivity contribution in [2.45, 2.75) is 38.3 Å². The van der Waals surface area contributed by atoms with Crippen LogP contribution in [0.25, 0.3) is 0 Å². The van der Waals surface area contributed by atoms with Crippen LogP contribution in [0, 0.1) is 5.92 Å². The van der Waals surface area contributed by atoms with Crippen LogP contribution in [0.15, 0.2) is 18.2 Å². The zero-order chi connectivity index (χ0) is 13.4. The molecule has 0 aromatic heterocycles. The third kappa shape index (κ3) is 2.32. The molecular weight excluding hydrogens is 240 g/mol. The average Bonchev–Trinajstić information content (AvgIpc) is 2.93. The summed E-state index contributed by atoms with van der Waals surface area (Å²) in [5, 5.41) is 13.3. The molecule has 1 aromatic carbocycles. The van der Waals surface area contributed by atoms with E-state index in [1.54, 1.807) is 11.9 Å². The van der Waals surface area contributed by atoms with Crippen molar-refractivity contribution in [2.75, 3.05) is 12.4 Å². The number of aliphatic hydroxyl groups excluding tert-OH is 1. The molecule has 1 saturated carbocycles. The zero-order valence-electron chi connectivity index (χ0n) is 11.2. The maximum absolute atomic E-state index is 11.6. The molecule has 1 atom stereocenters. The molecule has 1 fully saturated rings. The fourth-order valence-electron chi connectivity index (χ4n) is 3.13. The predicted octanol–water partition coefficient (Wildman–Crippen LogP) is 2.89. The van der Waals surface area contributed by atoms with E-state index in [0.717, 1.165) is 29.7 Å². The first-order chi connectivity index (χ1) is 9.15. The summed E-state index contributed by atoms with van der Waals surface area (Å²) in [7, 11) is 1.78. The SMILES string of the molecule is CN1Cc2cc(C(O)C3CCCC3)ccc2NC1=O. The summed E-state index contributed by atoms with van der Waals surface area (Å²) in [6, 6.07) is 5.81. The van der Waals surface area contributed by atoms with Crippen molar-refractivity contribution < 1.29 is 9.90 Å². The summed E-state index contributed by atoms with van der Waals surface area (Å²) in [6.07, 6.45) is 4.33. The fourth-order valence-corrected chi connectivity index (χ4v) is 3.13. The Morgan fingerprint density at radius 1 is 1.37 bits per heavy atom. The summed E-state index contributed by atoms with van der Waals surface area (Å²) >= 11 is 0. The van der Waals surface area contributed by atoms with Crippen molar-refractivity contribution in [3.05, 3.63) is 29.3 Å². The first-order valence-electron chi connectivity index (χ1n) is 6.98. The Bertz CT molecular complexity index is 495. The molecule has 4 heteroatoms. The highest BCUT2D eigenvalue weighted by molar-refractivity contribution is 5.92. The van der Waals surface area contributed by atoms with Crippen molar-refractivity contribution in [2.24, 2.45) is 5.92 Å². The quantitative estimate of drug-likeness (QED) is 0.859. The summed E-state index contributed by atoms with van der Waals surface area (Å²) in [4.78, 5) is 13.2. The zero-order valence-corrected chi connectivity index (χ0v) is 11.2. The molecule has 2 amide bonds. The molecule has 19 heavy (non-hydrogen) atoms. The van der Waals surface area contributed by atoms with Crippen LogP contribution in [0.4, 0.5) is 10.5 Å². The number of aliphatic hydroxyl groups is 1. The molecule has 1 aliphatic heterocycles. The summed E-state index contributed by atoms with van der Waals surface area (Å²) < 4.78 is 0. The highest BCUT2D eigenvalue weighted by atomic mass is 16.3. The number of amides is 2. The van der Waals surface area contributed by atoms with E-state index in [0.29, 0.717) is 12.5 Å². The molecule has 1 heterocycles. The van der Waals surface area contributed by atoms with Crippen LogP contribution in [0.2, 0.25) is 0 Å². The van der Waals surface area contributed by atoms with Gasteiger partial charge in [0.2, 0.25) is 0 Å². The van der Waals surface area contributed by atoms with Crippen LogP contribution in [0.3, 0.4) is 0 Å². The van der Waals surface area contributed by atoms with E-state index in [4.69, 9.17) is 0 Å². The maximum Gasteiger partial charge on any atom is 0.321 e. The van der Waals surface area contributed by atoms with Gasteiger partial charge in [0.15, 0.2) is 0 Å². The minimum absolute atomic E-state index is 0.0726. The smallest absolute Gasteiger partial charge is 0.321 e. The summed E-state index contributed by atoms with van der Waals surface area (Å²) in [5.74, 6) is 0.397. The lowest BCUT2D eigenvalue weighted by Crippen LogP contribution is -2.35. The lowest BCUT2D eigenvalue weighted by Gasteiger charge is -2.27. The van der Waals surface area contributed by atoms with Crippen molar-refractivity contribution in [3.63, 3.8) is 0 Å². The topological polar surface area (TPSA) is 52.6 Å². The van der Waals surface area contributed by atoms with Crippen LogP contribution in [-0.2, 0) is 6.54 Å². The van der Waals surface area contributed by atoms with Crippen molar-refractivity contribution in [3.8, 4) is 0 Å². The van der Waals surface area contributed by atoms with Gasteiger partial charge >= 0.3 is 6.03 Å². The Labute approximate surface area is 113 Å². The Balaban J connectivity index is 1.84. The number of benzene rings is 1. The first-order valence-corrected chi connectivity index (χ1v) is 6.98. The second-order valence-electron chi connectivity index (χ2n) is 5.69. The minimum atomic E-state index is -0.365. The number of nitrogens with zero attached hydrogens (tertiary/aromatic N) is 1. The molecule has 0 radical (unpaired) electrons. The van der Waals surface area contributed by atoms with Gasteiger partial charge in [0.05, 0.1) is 6.10 Å². The van der Waals surface area contributed by atoms with Crippen molar-refractivity contribution >= 4 is 11.7 Å². The Kier molecular flexibility index (Phi) is 3.19. The van der Waals surface area contributed by atoms with Gasteiger partial charge in [0.1, 0.15) is 0 Å². The number of carbonyl (C=O) groups excluding carboxylic acids is 1. The van der Waals surface area contributed by atoms with Crippen LogP contribution in [0.5, 0.6) is 0 Å². The summed E-state index contributed by atoms with van der Waals surface area (Å²) in [6.45, 7) is 0.604. The van der Waals surface area contributed by atoms with Crippen LogP contribution < -0.4 is 5.32 Å². The minimum Gasteiger partial charge on any atom is -0.388 e. The molecule has 0 spiro atoms. The normalized spacial score (nSPS) is 21.2.